The topological polar surface area (TPSA) is 49.8 Å². The summed E-state index contributed by atoms with van der Waals surface area (Å²) < 4.78 is 5.54. The van der Waals surface area contributed by atoms with Gasteiger partial charge in [-0.2, -0.15) is 0 Å². The molecule has 0 amide bonds. The van der Waals surface area contributed by atoms with Crippen LogP contribution in [0.25, 0.3) is 0 Å². The van der Waals surface area contributed by atoms with Crippen LogP contribution in [-0.4, -0.2) is 31.3 Å². The smallest absolute Gasteiger partial charge is 0.344 e. The van der Waals surface area contributed by atoms with Gasteiger partial charge in [0.15, 0.2) is 6.10 Å². The van der Waals surface area contributed by atoms with Crippen molar-refractivity contribution in [3.8, 4) is 5.75 Å². The van der Waals surface area contributed by atoms with E-state index in [2.05, 4.69) is 0 Å². The molecule has 0 heterocycles. The third kappa shape index (κ3) is 4.28. The lowest BCUT2D eigenvalue weighted by molar-refractivity contribution is -0.145. The fourth-order valence-corrected chi connectivity index (χ4v) is 1.62. The molecule has 1 rings (SSSR count). The Labute approximate surface area is 108 Å². The minimum Gasteiger partial charge on any atom is -0.479 e. The molecule has 0 aliphatic rings. The molecule has 0 fully saturated rings. The third-order valence-electron chi connectivity index (χ3n) is 2.71. The lowest BCUT2D eigenvalue weighted by Gasteiger charge is -2.17. The predicted molar refractivity (Wildman–Crippen MR) is 72.3 cm³/mol. The van der Waals surface area contributed by atoms with E-state index in [4.69, 9.17) is 9.84 Å². The van der Waals surface area contributed by atoms with Crippen LogP contribution >= 0.6 is 0 Å². The quantitative estimate of drug-likeness (QED) is 0.809. The zero-order chi connectivity index (χ0) is 13.5. The molecule has 18 heavy (non-hydrogen) atoms. The Hall–Kier alpha value is -1.71. The van der Waals surface area contributed by atoms with Gasteiger partial charge in [-0.1, -0.05) is 19.4 Å². The third-order valence-corrected chi connectivity index (χ3v) is 2.71. The maximum absolute atomic E-state index is 11.1. The summed E-state index contributed by atoms with van der Waals surface area (Å²) in [6.45, 7) is 2.03. The van der Waals surface area contributed by atoms with Gasteiger partial charge in [-0.05, 0) is 25.0 Å². The number of carboxylic acid groups (broad SMARTS) is 1. The van der Waals surface area contributed by atoms with Gasteiger partial charge in [0.2, 0.25) is 0 Å². The Bertz CT molecular complexity index is 390. The van der Waals surface area contributed by atoms with Crippen LogP contribution in [0.1, 0.15) is 26.2 Å². The summed E-state index contributed by atoms with van der Waals surface area (Å²) in [5.41, 5.74) is 0.993. The molecular formula is C14H21NO3. The second-order valence-electron chi connectivity index (χ2n) is 4.48. The number of hydrogen-bond acceptors (Lipinski definition) is 3. The van der Waals surface area contributed by atoms with Gasteiger partial charge < -0.3 is 14.7 Å². The highest BCUT2D eigenvalue weighted by molar-refractivity contribution is 5.72. The largest absolute Gasteiger partial charge is 0.479 e. The number of carbonyl (C=O) groups is 1. The van der Waals surface area contributed by atoms with Crippen molar-refractivity contribution in [2.24, 2.45) is 0 Å². The molecule has 0 radical (unpaired) electrons. The molecule has 4 nitrogen and oxygen atoms in total. The molecule has 0 aliphatic heterocycles. The zero-order valence-electron chi connectivity index (χ0n) is 11.2. The molecule has 100 valence electrons. The summed E-state index contributed by atoms with van der Waals surface area (Å²) in [5, 5.41) is 9.10. The van der Waals surface area contributed by atoms with Crippen molar-refractivity contribution in [2.75, 3.05) is 19.0 Å². The van der Waals surface area contributed by atoms with Crippen molar-refractivity contribution in [1.29, 1.82) is 0 Å². The Morgan fingerprint density at radius 1 is 1.44 bits per heavy atom. The molecule has 0 saturated heterocycles. The first-order chi connectivity index (χ1) is 8.54. The molecule has 0 aromatic heterocycles. The van der Waals surface area contributed by atoms with Crippen molar-refractivity contribution in [3.05, 3.63) is 24.3 Å². The molecule has 1 unspecified atom stereocenters. The Morgan fingerprint density at radius 3 is 2.72 bits per heavy atom. The first-order valence-corrected chi connectivity index (χ1v) is 6.21. The number of hydrogen-bond donors (Lipinski definition) is 1. The Kier molecular flexibility index (Phi) is 5.49. The average molecular weight is 251 g/mol. The Morgan fingerprint density at radius 2 is 2.17 bits per heavy atom. The van der Waals surface area contributed by atoms with E-state index in [1.54, 1.807) is 6.07 Å². The fourth-order valence-electron chi connectivity index (χ4n) is 1.62. The van der Waals surface area contributed by atoms with E-state index in [0.29, 0.717) is 12.2 Å². The standard InChI is InChI=1S/C14H21NO3/c1-4-5-9-13(14(16)17)18-12-8-6-7-11(10-12)15(2)3/h6-8,10,13H,4-5,9H2,1-3H3,(H,16,17). The first kappa shape index (κ1) is 14.4. The highest BCUT2D eigenvalue weighted by Crippen LogP contribution is 2.21. The number of ether oxygens (including phenoxy) is 1. The van der Waals surface area contributed by atoms with Crippen LogP contribution < -0.4 is 9.64 Å². The number of carboxylic acids is 1. The normalized spacial score (nSPS) is 11.9. The average Bonchev–Trinajstić information content (AvgIpc) is 2.34. The van der Waals surface area contributed by atoms with Gasteiger partial charge >= 0.3 is 5.97 Å². The molecule has 4 heteroatoms. The van der Waals surface area contributed by atoms with Gasteiger partial charge in [-0.15, -0.1) is 0 Å². The second kappa shape index (κ2) is 6.89. The second-order valence-corrected chi connectivity index (χ2v) is 4.48. The van der Waals surface area contributed by atoms with Crippen LogP contribution in [0.15, 0.2) is 24.3 Å². The van der Waals surface area contributed by atoms with E-state index in [9.17, 15) is 4.79 Å². The van der Waals surface area contributed by atoms with E-state index in [-0.39, 0.29) is 0 Å². The lowest BCUT2D eigenvalue weighted by Crippen LogP contribution is -2.26. The van der Waals surface area contributed by atoms with Crippen LogP contribution in [-0.2, 0) is 4.79 Å². The van der Waals surface area contributed by atoms with Gasteiger partial charge in [0.25, 0.3) is 0 Å². The highest BCUT2D eigenvalue weighted by Gasteiger charge is 2.18. The molecule has 0 bridgehead atoms. The summed E-state index contributed by atoms with van der Waals surface area (Å²) in [5.74, 6) is -0.302. The minimum absolute atomic E-state index is 0.540. The summed E-state index contributed by atoms with van der Waals surface area (Å²) in [7, 11) is 3.87. The van der Waals surface area contributed by atoms with Crippen molar-refractivity contribution < 1.29 is 14.6 Å². The van der Waals surface area contributed by atoms with Gasteiger partial charge in [0.1, 0.15) is 5.75 Å². The molecule has 1 atom stereocenters. The maximum Gasteiger partial charge on any atom is 0.344 e. The molecule has 1 aromatic rings. The number of aliphatic carboxylic acids is 1. The van der Waals surface area contributed by atoms with Gasteiger partial charge in [0, 0.05) is 25.8 Å². The monoisotopic (exact) mass is 251 g/mol. The molecule has 0 aliphatic carbocycles. The molecule has 0 spiro atoms. The van der Waals surface area contributed by atoms with E-state index in [0.717, 1.165) is 18.5 Å². The van der Waals surface area contributed by atoms with Crippen molar-refractivity contribution in [2.45, 2.75) is 32.3 Å². The number of nitrogens with zero attached hydrogens (tertiary/aromatic N) is 1. The van der Waals surface area contributed by atoms with E-state index in [1.165, 1.54) is 0 Å². The van der Waals surface area contributed by atoms with Crippen molar-refractivity contribution in [1.82, 2.24) is 0 Å². The fraction of sp³-hybridized carbons (Fsp3) is 0.500. The Balaban J connectivity index is 2.74. The number of rotatable bonds is 7. The summed E-state index contributed by atoms with van der Waals surface area (Å²) in [6.07, 6.45) is 1.59. The van der Waals surface area contributed by atoms with Gasteiger partial charge in [-0.3, -0.25) is 0 Å². The summed E-state index contributed by atoms with van der Waals surface area (Å²) in [4.78, 5) is 13.0. The van der Waals surface area contributed by atoms with Gasteiger partial charge in [0.05, 0.1) is 0 Å². The number of unbranched alkanes of at least 4 members (excludes halogenated alkanes) is 1. The van der Waals surface area contributed by atoms with Crippen LogP contribution in [0.5, 0.6) is 5.75 Å². The van der Waals surface area contributed by atoms with Gasteiger partial charge in [-0.25, -0.2) is 4.79 Å². The van der Waals surface area contributed by atoms with E-state index < -0.39 is 12.1 Å². The van der Waals surface area contributed by atoms with Crippen LogP contribution in [0, 0.1) is 0 Å². The predicted octanol–water partition coefficient (Wildman–Crippen LogP) is 2.77. The molecule has 1 N–H and O–H groups in total. The SMILES string of the molecule is CCCCC(Oc1cccc(N(C)C)c1)C(=O)O. The van der Waals surface area contributed by atoms with Crippen LogP contribution in [0.3, 0.4) is 0 Å². The first-order valence-electron chi connectivity index (χ1n) is 6.21. The minimum atomic E-state index is -0.904. The molecule has 0 saturated carbocycles. The van der Waals surface area contributed by atoms with E-state index in [1.807, 2.05) is 44.1 Å². The van der Waals surface area contributed by atoms with Crippen LogP contribution in [0.2, 0.25) is 0 Å². The van der Waals surface area contributed by atoms with Crippen molar-refractivity contribution >= 4 is 11.7 Å². The van der Waals surface area contributed by atoms with E-state index >= 15 is 0 Å². The van der Waals surface area contributed by atoms with Crippen molar-refractivity contribution in [3.63, 3.8) is 0 Å². The highest BCUT2D eigenvalue weighted by atomic mass is 16.5. The molecule has 1 aromatic carbocycles. The lowest BCUT2D eigenvalue weighted by atomic mass is 10.1. The summed E-state index contributed by atoms with van der Waals surface area (Å²) >= 11 is 0. The van der Waals surface area contributed by atoms with Crippen LogP contribution in [0.4, 0.5) is 5.69 Å². The molecular weight excluding hydrogens is 230 g/mol. The number of anilines is 1. The zero-order valence-corrected chi connectivity index (χ0v) is 11.2. The summed E-state index contributed by atoms with van der Waals surface area (Å²) in [6, 6.07) is 7.45. The number of benzene rings is 1. The maximum atomic E-state index is 11.1.